The van der Waals surface area contributed by atoms with Gasteiger partial charge in [-0.05, 0) is 19.8 Å². The molecule has 0 bridgehead atoms. The number of nitrogens with one attached hydrogen (secondary N) is 2. The van der Waals surface area contributed by atoms with Crippen LogP contribution in [0.25, 0.3) is 0 Å². The Morgan fingerprint density at radius 1 is 1.53 bits per heavy atom. The minimum Gasteiger partial charge on any atom is -0.359 e. The van der Waals surface area contributed by atoms with Crippen molar-refractivity contribution in [2.45, 2.75) is 44.6 Å². The first-order valence-corrected chi connectivity index (χ1v) is 7.45. The molecule has 17 heavy (non-hydrogen) atoms. The monoisotopic (exact) mass is 255 g/mol. The number of aliphatic imine (C=N–C) groups is 1. The first-order valence-electron chi connectivity index (χ1n) is 6.46. The molecule has 2 aliphatic rings. The molecule has 0 aromatic carbocycles. The number of carbonyl (C=O) groups is 1. The summed E-state index contributed by atoms with van der Waals surface area (Å²) in [6.07, 6.45) is 5.71. The van der Waals surface area contributed by atoms with Crippen LogP contribution in [0.3, 0.4) is 0 Å². The number of amides is 1. The Hall–Kier alpha value is -0.710. The second-order valence-corrected chi connectivity index (χ2v) is 5.76. The van der Waals surface area contributed by atoms with Crippen molar-refractivity contribution in [2.24, 2.45) is 4.99 Å². The van der Waals surface area contributed by atoms with Gasteiger partial charge in [0.15, 0.2) is 5.17 Å². The van der Waals surface area contributed by atoms with Crippen molar-refractivity contribution in [1.29, 1.82) is 0 Å². The highest BCUT2D eigenvalue weighted by molar-refractivity contribution is 8.14. The Labute approximate surface area is 107 Å². The van der Waals surface area contributed by atoms with Gasteiger partial charge in [-0.2, -0.15) is 0 Å². The van der Waals surface area contributed by atoms with Gasteiger partial charge in [-0.3, -0.25) is 9.79 Å². The molecule has 2 rings (SSSR count). The summed E-state index contributed by atoms with van der Waals surface area (Å²) >= 11 is 1.81. The fourth-order valence-electron chi connectivity index (χ4n) is 2.46. The molecule has 0 unspecified atom stereocenters. The molecular formula is C12H21N3OS. The molecule has 96 valence electrons. The molecule has 1 aliphatic heterocycles. The van der Waals surface area contributed by atoms with Gasteiger partial charge in [-0.25, -0.2) is 0 Å². The molecule has 0 aromatic rings. The molecule has 2 N–H and O–H groups in total. The smallest absolute Gasteiger partial charge is 0.221 e. The maximum Gasteiger partial charge on any atom is 0.221 e. The second-order valence-electron chi connectivity index (χ2n) is 4.79. The summed E-state index contributed by atoms with van der Waals surface area (Å²) in [7, 11) is 0. The summed E-state index contributed by atoms with van der Waals surface area (Å²) in [5.74, 6) is 1.24. The number of nitrogens with zero attached hydrogens (tertiary/aromatic N) is 1. The Morgan fingerprint density at radius 2 is 2.29 bits per heavy atom. The Morgan fingerprint density at radius 3 is 3.00 bits per heavy atom. The van der Waals surface area contributed by atoms with Gasteiger partial charge in [0.2, 0.25) is 5.91 Å². The summed E-state index contributed by atoms with van der Waals surface area (Å²) < 4.78 is 0. The van der Waals surface area contributed by atoms with Crippen molar-refractivity contribution in [1.82, 2.24) is 10.6 Å². The van der Waals surface area contributed by atoms with Crippen LogP contribution in [0.2, 0.25) is 0 Å². The third-order valence-electron chi connectivity index (χ3n) is 3.39. The van der Waals surface area contributed by atoms with Crippen molar-refractivity contribution in [3.05, 3.63) is 0 Å². The predicted molar refractivity (Wildman–Crippen MR) is 72.4 cm³/mol. The molecule has 5 heteroatoms. The van der Waals surface area contributed by atoms with Crippen LogP contribution in [0, 0.1) is 0 Å². The minimum atomic E-state index is 0.0930. The maximum absolute atomic E-state index is 11.3. The fourth-order valence-corrected chi connectivity index (χ4v) is 3.70. The van der Waals surface area contributed by atoms with Crippen LogP contribution in [0.5, 0.6) is 0 Å². The van der Waals surface area contributed by atoms with Gasteiger partial charge in [0.1, 0.15) is 0 Å². The highest BCUT2D eigenvalue weighted by Gasteiger charge is 2.39. The third kappa shape index (κ3) is 3.37. The zero-order valence-electron chi connectivity index (χ0n) is 10.4. The Bertz CT molecular complexity index is 311. The summed E-state index contributed by atoms with van der Waals surface area (Å²) in [5.41, 5.74) is 0.329. The zero-order chi connectivity index (χ0) is 12.1. The van der Waals surface area contributed by atoms with E-state index < -0.39 is 0 Å². The Kier molecular flexibility index (Phi) is 4.31. The van der Waals surface area contributed by atoms with Crippen LogP contribution >= 0.6 is 11.8 Å². The standard InChI is InChI=1S/C12H21N3OS/c1-2-13-10(16)5-8-14-11-15-12(9-17-11)6-3-4-7-12/h2-9H2,1H3,(H,13,16)(H,14,15). The quantitative estimate of drug-likeness (QED) is 0.801. The number of thioether (sulfide) groups is 1. The molecule has 4 nitrogen and oxygen atoms in total. The molecule has 1 aliphatic carbocycles. The van der Waals surface area contributed by atoms with Gasteiger partial charge < -0.3 is 10.6 Å². The van der Waals surface area contributed by atoms with E-state index >= 15 is 0 Å². The zero-order valence-corrected chi connectivity index (χ0v) is 11.2. The van der Waals surface area contributed by atoms with E-state index in [1.165, 1.54) is 25.7 Å². The van der Waals surface area contributed by atoms with E-state index in [1.807, 2.05) is 18.7 Å². The second kappa shape index (κ2) is 5.76. The molecule has 1 saturated carbocycles. The highest BCUT2D eigenvalue weighted by Crippen LogP contribution is 2.37. The van der Waals surface area contributed by atoms with E-state index in [-0.39, 0.29) is 5.91 Å². The van der Waals surface area contributed by atoms with E-state index in [1.54, 1.807) is 0 Å². The minimum absolute atomic E-state index is 0.0930. The van der Waals surface area contributed by atoms with Gasteiger partial charge in [0.05, 0.1) is 6.54 Å². The van der Waals surface area contributed by atoms with Crippen LogP contribution < -0.4 is 10.6 Å². The highest BCUT2D eigenvalue weighted by atomic mass is 32.2. The van der Waals surface area contributed by atoms with Crippen LogP contribution in [-0.2, 0) is 4.79 Å². The largest absolute Gasteiger partial charge is 0.359 e. The van der Waals surface area contributed by atoms with Crippen LogP contribution in [-0.4, -0.2) is 35.5 Å². The van der Waals surface area contributed by atoms with Crippen LogP contribution in [0.4, 0.5) is 0 Å². The van der Waals surface area contributed by atoms with Gasteiger partial charge >= 0.3 is 0 Å². The molecule has 2 fully saturated rings. The lowest BCUT2D eigenvalue weighted by molar-refractivity contribution is -0.120. The van der Waals surface area contributed by atoms with Crippen molar-refractivity contribution in [3.63, 3.8) is 0 Å². The summed E-state index contributed by atoms with van der Waals surface area (Å²) in [6, 6.07) is 0. The number of amidine groups is 1. The molecule has 0 aromatic heterocycles. The van der Waals surface area contributed by atoms with E-state index in [9.17, 15) is 4.79 Å². The normalized spacial score (nSPS) is 24.2. The average Bonchev–Trinajstić information content (AvgIpc) is 2.91. The SMILES string of the molecule is CCNC(=O)CCN=C1NC2(CCCC2)CS1. The lowest BCUT2D eigenvalue weighted by Gasteiger charge is -2.21. The predicted octanol–water partition coefficient (Wildman–Crippen LogP) is 1.52. The van der Waals surface area contributed by atoms with E-state index in [0.717, 1.165) is 10.9 Å². The Balaban J connectivity index is 1.74. The molecule has 1 spiro atoms. The van der Waals surface area contributed by atoms with Gasteiger partial charge in [-0.1, -0.05) is 24.6 Å². The van der Waals surface area contributed by atoms with Gasteiger partial charge in [0, 0.05) is 24.3 Å². The van der Waals surface area contributed by atoms with E-state index in [4.69, 9.17) is 0 Å². The van der Waals surface area contributed by atoms with Crippen LogP contribution in [0.15, 0.2) is 4.99 Å². The average molecular weight is 255 g/mol. The van der Waals surface area contributed by atoms with E-state index in [0.29, 0.717) is 25.0 Å². The fraction of sp³-hybridized carbons (Fsp3) is 0.833. The molecule has 0 radical (unpaired) electrons. The first-order chi connectivity index (χ1) is 8.24. The molecule has 1 saturated heterocycles. The summed E-state index contributed by atoms with van der Waals surface area (Å²) in [5, 5.41) is 7.38. The van der Waals surface area contributed by atoms with E-state index in [2.05, 4.69) is 15.6 Å². The number of rotatable bonds is 4. The van der Waals surface area contributed by atoms with Crippen molar-refractivity contribution < 1.29 is 4.79 Å². The van der Waals surface area contributed by atoms with Gasteiger partial charge in [0.25, 0.3) is 0 Å². The molecule has 0 atom stereocenters. The lowest BCUT2D eigenvalue weighted by atomic mass is 10.0. The van der Waals surface area contributed by atoms with Crippen molar-refractivity contribution in [2.75, 3.05) is 18.8 Å². The number of hydrogen-bond acceptors (Lipinski definition) is 3. The third-order valence-corrected chi connectivity index (χ3v) is 4.59. The summed E-state index contributed by atoms with van der Waals surface area (Å²) in [4.78, 5) is 15.7. The number of carbonyl (C=O) groups excluding carboxylic acids is 1. The van der Waals surface area contributed by atoms with Crippen molar-refractivity contribution in [3.8, 4) is 0 Å². The van der Waals surface area contributed by atoms with Gasteiger partial charge in [-0.15, -0.1) is 0 Å². The first kappa shape index (κ1) is 12.7. The summed E-state index contributed by atoms with van der Waals surface area (Å²) in [6.45, 7) is 3.23. The van der Waals surface area contributed by atoms with Crippen molar-refractivity contribution >= 4 is 22.8 Å². The maximum atomic E-state index is 11.3. The lowest BCUT2D eigenvalue weighted by Crippen LogP contribution is -2.40. The van der Waals surface area contributed by atoms with Crippen LogP contribution in [0.1, 0.15) is 39.0 Å². The molecule has 1 amide bonds. The topological polar surface area (TPSA) is 53.5 Å². The number of hydrogen-bond donors (Lipinski definition) is 2. The molecular weight excluding hydrogens is 234 g/mol. The molecule has 1 heterocycles.